The number of thiophene rings is 1. The third kappa shape index (κ3) is 3.13. The Morgan fingerprint density at radius 3 is 2.70 bits per heavy atom. The minimum atomic E-state index is -0.476. The molecule has 2 aromatic carbocycles. The molecule has 0 N–H and O–H groups in total. The number of fused-ring (bicyclic) bond motifs is 4. The quantitative estimate of drug-likeness (QED) is 0.474. The van der Waals surface area contributed by atoms with Gasteiger partial charge in [0.15, 0.2) is 12.4 Å². The highest BCUT2D eigenvalue weighted by molar-refractivity contribution is 7.17. The smallest absolute Gasteiger partial charge is 0.348 e. The minimum Gasteiger partial charge on any atom is -0.453 e. The predicted octanol–water partition coefficient (Wildman–Crippen LogP) is 4.07. The number of likely N-dealkylation sites (N-methyl/N-ethyl adjacent to an activating group) is 1. The van der Waals surface area contributed by atoms with Crippen molar-refractivity contribution >= 4 is 34.7 Å². The van der Waals surface area contributed by atoms with Crippen molar-refractivity contribution in [2.75, 3.05) is 18.6 Å². The van der Waals surface area contributed by atoms with E-state index in [1.54, 1.807) is 30.1 Å². The summed E-state index contributed by atoms with van der Waals surface area (Å²) in [6.45, 7) is -0.319. The Morgan fingerprint density at radius 2 is 1.83 bits per heavy atom. The summed E-state index contributed by atoms with van der Waals surface area (Å²) in [6, 6.07) is 15.3. The number of carbonyl (C=O) groups excluding carboxylic acids is 3. The van der Waals surface area contributed by atoms with Gasteiger partial charge in [-0.25, -0.2) is 4.79 Å². The van der Waals surface area contributed by atoms with Crippen LogP contribution in [0.25, 0.3) is 10.4 Å². The molecule has 0 saturated heterocycles. The molecule has 5 rings (SSSR count). The molecule has 1 aliphatic heterocycles. The Kier molecular flexibility index (Phi) is 4.51. The van der Waals surface area contributed by atoms with Gasteiger partial charge in [-0.15, -0.1) is 11.3 Å². The number of ketones is 1. The van der Waals surface area contributed by atoms with Crippen LogP contribution in [-0.2, 0) is 28.8 Å². The van der Waals surface area contributed by atoms with E-state index in [9.17, 15) is 14.4 Å². The Morgan fingerprint density at radius 1 is 1.03 bits per heavy atom. The average Bonchev–Trinajstić information content (AvgIpc) is 3.33. The first-order valence-electron chi connectivity index (χ1n) is 9.82. The molecule has 3 aromatic rings. The summed E-state index contributed by atoms with van der Waals surface area (Å²) in [6.07, 6.45) is 2.15. The van der Waals surface area contributed by atoms with Crippen LogP contribution in [0.15, 0.2) is 48.5 Å². The second-order valence-corrected chi connectivity index (χ2v) is 8.65. The van der Waals surface area contributed by atoms with Crippen molar-refractivity contribution in [1.29, 1.82) is 0 Å². The largest absolute Gasteiger partial charge is 0.453 e. The zero-order valence-electron chi connectivity index (χ0n) is 16.4. The first-order chi connectivity index (χ1) is 14.5. The zero-order chi connectivity index (χ0) is 20.8. The van der Waals surface area contributed by atoms with Crippen molar-refractivity contribution in [3.8, 4) is 10.4 Å². The molecular formula is C24H19NO4S. The lowest BCUT2D eigenvalue weighted by Crippen LogP contribution is -2.20. The van der Waals surface area contributed by atoms with E-state index in [1.807, 2.05) is 18.2 Å². The van der Waals surface area contributed by atoms with Crippen LogP contribution in [0.1, 0.15) is 36.7 Å². The summed E-state index contributed by atoms with van der Waals surface area (Å²) in [5, 5.41) is 0. The van der Waals surface area contributed by atoms with Crippen LogP contribution < -0.4 is 4.90 Å². The van der Waals surface area contributed by atoms with Gasteiger partial charge in [-0.2, -0.15) is 0 Å². The van der Waals surface area contributed by atoms with E-state index in [1.165, 1.54) is 22.5 Å². The summed E-state index contributed by atoms with van der Waals surface area (Å²) in [5.74, 6) is -0.750. The fourth-order valence-corrected chi connectivity index (χ4v) is 5.27. The van der Waals surface area contributed by atoms with Gasteiger partial charge in [-0.05, 0) is 59.4 Å². The number of esters is 1. The summed E-state index contributed by atoms with van der Waals surface area (Å²) < 4.78 is 5.32. The summed E-state index contributed by atoms with van der Waals surface area (Å²) >= 11 is 1.42. The lowest BCUT2D eigenvalue weighted by Gasteiger charge is -2.15. The molecule has 1 aromatic heterocycles. The molecule has 0 spiro atoms. The highest BCUT2D eigenvalue weighted by Gasteiger charge is 2.26. The molecule has 30 heavy (non-hydrogen) atoms. The van der Waals surface area contributed by atoms with Gasteiger partial charge in [0.25, 0.3) is 0 Å². The standard InChI is InChI=1S/C24H19NO4S/c1-25-19-9-8-15(10-17(19)12-22(25)27)20(26)13-29-24(28)21-11-16-7-6-14-4-2-3-5-18(14)23(16)30-21/h2-5,8-11H,6-7,12-13H2,1H3. The van der Waals surface area contributed by atoms with E-state index in [-0.39, 0.29) is 24.7 Å². The molecule has 0 saturated carbocycles. The van der Waals surface area contributed by atoms with Gasteiger partial charge in [-0.3, -0.25) is 9.59 Å². The molecule has 0 fully saturated rings. The third-order valence-corrected chi connectivity index (χ3v) is 6.94. The molecule has 0 unspecified atom stereocenters. The Hall–Kier alpha value is -3.25. The summed E-state index contributed by atoms with van der Waals surface area (Å²) in [7, 11) is 1.72. The molecule has 1 aliphatic carbocycles. The third-order valence-electron chi connectivity index (χ3n) is 5.75. The summed E-state index contributed by atoms with van der Waals surface area (Å²) in [4.78, 5) is 40.1. The second-order valence-electron chi connectivity index (χ2n) is 7.59. The normalized spacial score (nSPS) is 14.2. The van der Waals surface area contributed by atoms with Gasteiger partial charge in [0.05, 0.1) is 6.42 Å². The number of hydrogen-bond donors (Lipinski definition) is 0. The molecular weight excluding hydrogens is 398 g/mol. The van der Waals surface area contributed by atoms with Crippen LogP contribution in [0.4, 0.5) is 5.69 Å². The van der Waals surface area contributed by atoms with E-state index in [0.717, 1.165) is 34.5 Å². The number of rotatable bonds is 4. The van der Waals surface area contributed by atoms with Crippen molar-refractivity contribution in [3.63, 3.8) is 0 Å². The number of benzene rings is 2. The average molecular weight is 417 g/mol. The first kappa shape index (κ1) is 18.8. The van der Waals surface area contributed by atoms with Crippen molar-refractivity contribution in [2.45, 2.75) is 19.3 Å². The van der Waals surface area contributed by atoms with E-state index in [2.05, 4.69) is 12.1 Å². The highest BCUT2D eigenvalue weighted by Crippen LogP contribution is 2.39. The Bertz CT molecular complexity index is 1210. The molecule has 2 aliphatic rings. The molecule has 6 heteroatoms. The predicted molar refractivity (Wildman–Crippen MR) is 115 cm³/mol. The Balaban J connectivity index is 1.29. The Labute approximate surface area is 177 Å². The van der Waals surface area contributed by atoms with Crippen LogP contribution in [0.5, 0.6) is 0 Å². The lowest BCUT2D eigenvalue weighted by atomic mass is 9.91. The SMILES string of the molecule is CN1C(=O)Cc2cc(C(=O)COC(=O)c3cc4c(s3)-c3ccccc3CC4)ccc21. The van der Waals surface area contributed by atoms with E-state index >= 15 is 0 Å². The van der Waals surface area contributed by atoms with Gasteiger partial charge in [0.2, 0.25) is 5.91 Å². The number of amides is 1. The van der Waals surface area contributed by atoms with Crippen LogP contribution >= 0.6 is 11.3 Å². The number of anilines is 1. The van der Waals surface area contributed by atoms with Gasteiger partial charge in [0.1, 0.15) is 4.88 Å². The second kappa shape index (κ2) is 7.22. The number of Topliss-reactive ketones (excluding diaryl/α,β-unsaturated/α-hetero) is 1. The fraction of sp³-hybridized carbons (Fsp3) is 0.208. The van der Waals surface area contributed by atoms with Crippen molar-refractivity contribution in [2.24, 2.45) is 0 Å². The van der Waals surface area contributed by atoms with Gasteiger partial charge in [0, 0.05) is 23.2 Å². The maximum absolute atomic E-state index is 12.6. The zero-order valence-corrected chi connectivity index (χ0v) is 17.3. The molecule has 5 nitrogen and oxygen atoms in total. The minimum absolute atomic E-state index is 0.00395. The van der Waals surface area contributed by atoms with Crippen LogP contribution in [-0.4, -0.2) is 31.3 Å². The molecule has 2 heterocycles. The summed E-state index contributed by atoms with van der Waals surface area (Å²) in [5.41, 5.74) is 5.72. The molecule has 0 atom stereocenters. The van der Waals surface area contributed by atoms with Gasteiger partial charge in [-0.1, -0.05) is 24.3 Å². The van der Waals surface area contributed by atoms with E-state index in [0.29, 0.717) is 10.4 Å². The molecule has 0 radical (unpaired) electrons. The van der Waals surface area contributed by atoms with Gasteiger partial charge >= 0.3 is 5.97 Å². The van der Waals surface area contributed by atoms with Crippen molar-refractivity contribution in [1.82, 2.24) is 0 Å². The van der Waals surface area contributed by atoms with Crippen LogP contribution in [0.2, 0.25) is 0 Å². The maximum Gasteiger partial charge on any atom is 0.348 e. The lowest BCUT2D eigenvalue weighted by molar-refractivity contribution is -0.117. The van der Waals surface area contributed by atoms with Crippen molar-refractivity contribution < 1.29 is 19.1 Å². The van der Waals surface area contributed by atoms with Crippen molar-refractivity contribution in [3.05, 3.63) is 75.7 Å². The van der Waals surface area contributed by atoms with E-state index in [4.69, 9.17) is 4.74 Å². The number of carbonyl (C=O) groups is 3. The first-order valence-corrected chi connectivity index (χ1v) is 10.6. The number of ether oxygens (including phenoxy) is 1. The van der Waals surface area contributed by atoms with Gasteiger partial charge < -0.3 is 9.64 Å². The maximum atomic E-state index is 12.6. The molecule has 150 valence electrons. The highest BCUT2D eigenvalue weighted by atomic mass is 32.1. The molecule has 0 bridgehead atoms. The monoisotopic (exact) mass is 417 g/mol. The fourth-order valence-electron chi connectivity index (χ4n) is 4.10. The number of nitrogens with zero attached hydrogens (tertiary/aromatic N) is 1. The molecule has 1 amide bonds. The van der Waals surface area contributed by atoms with Crippen LogP contribution in [0, 0.1) is 0 Å². The van der Waals surface area contributed by atoms with Crippen LogP contribution in [0.3, 0.4) is 0 Å². The number of hydrogen-bond acceptors (Lipinski definition) is 5. The number of aryl methyl sites for hydroxylation is 2. The topological polar surface area (TPSA) is 63.7 Å². The van der Waals surface area contributed by atoms with E-state index < -0.39 is 5.97 Å².